The molecule has 0 spiro atoms. The van der Waals surface area contributed by atoms with E-state index < -0.39 is 0 Å². The monoisotopic (exact) mass is 198 g/mol. The molecule has 1 amide bonds. The smallest absolute Gasteiger partial charge is 0.309 e. The van der Waals surface area contributed by atoms with Crippen LogP contribution in [0.5, 0.6) is 0 Å². The lowest BCUT2D eigenvalue weighted by molar-refractivity contribution is 0.542. The van der Waals surface area contributed by atoms with E-state index in [0.29, 0.717) is 6.54 Å². The molecule has 2 aromatic rings. The lowest BCUT2D eigenvalue weighted by Crippen LogP contribution is -2.14. The Morgan fingerprint density at radius 2 is 1.87 bits per heavy atom. The fraction of sp³-hybridized carbons (Fsp3) is 0.154. The van der Waals surface area contributed by atoms with E-state index in [0.717, 1.165) is 6.42 Å². The highest BCUT2D eigenvalue weighted by molar-refractivity contribution is 5.85. The van der Waals surface area contributed by atoms with Crippen LogP contribution in [0.1, 0.15) is 5.56 Å². The first kappa shape index (κ1) is 9.71. The van der Waals surface area contributed by atoms with Crippen molar-refractivity contribution in [2.45, 2.75) is 6.42 Å². The quantitative estimate of drug-likeness (QED) is 0.591. The van der Waals surface area contributed by atoms with Crippen LogP contribution in [0.15, 0.2) is 42.5 Å². The Balaban J connectivity index is 2.30. The zero-order valence-corrected chi connectivity index (χ0v) is 8.36. The number of benzene rings is 2. The largest absolute Gasteiger partial charge is 0.348 e. The van der Waals surface area contributed by atoms with Crippen LogP contribution >= 0.6 is 0 Å². The van der Waals surface area contributed by atoms with Crippen molar-refractivity contribution < 1.29 is 4.79 Å². The lowest BCUT2D eigenvalue weighted by atomic mass is 10.0. The van der Waals surface area contributed by atoms with E-state index in [1.807, 2.05) is 18.2 Å². The Kier molecular flexibility index (Phi) is 2.98. The summed E-state index contributed by atoms with van der Waals surface area (Å²) in [4.78, 5) is 10.0. The van der Waals surface area contributed by atoms with Crippen molar-refractivity contribution in [1.82, 2.24) is 5.32 Å². The van der Waals surface area contributed by atoms with Gasteiger partial charge in [-0.1, -0.05) is 42.5 Å². The summed E-state index contributed by atoms with van der Waals surface area (Å²) in [6, 6.07) is 14.5. The maximum Gasteiger partial charge on any atom is 0.309 e. The number of fused-ring (bicyclic) bond motifs is 1. The van der Waals surface area contributed by atoms with Crippen molar-refractivity contribution in [3.8, 4) is 0 Å². The highest BCUT2D eigenvalue weighted by Crippen LogP contribution is 2.18. The van der Waals surface area contributed by atoms with Gasteiger partial charge in [0.1, 0.15) is 0 Å². The summed E-state index contributed by atoms with van der Waals surface area (Å²) in [6.45, 7) is 0.636. The van der Waals surface area contributed by atoms with Crippen molar-refractivity contribution >= 4 is 17.2 Å². The Hall–Kier alpha value is -1.83. The standard InChI is InChI=1S/C13H12NO/c15-10-14-9-8-12-6-3-5-11-4-1-2-7-13(11)12/h1-7H,8-9H2,(H,14,15). The summed E-state index contributed by atoms with van der Waals surface area (Å²) in [5.74, 6) is 0. The SMILES string of the molecule is O=[C]NCCc1cccc2ccccc12. The van der Waals surface area contributed by atoms with Crippen LogP contribution in [0.2, 0.25) is 0 Å². The first-order valence-electron chi connectivity index (χ1n) is 4.98. The molecule has 2 rings (SSSR count). The summed E-state index contributed by atoms with van der Waals surface area (Å²) in [6.07, 6.45) is 2.53. The predicted octanol–water partition coefficient (Wildman–Crippen LogP) is 2.04. The van der Waals surface area contributed by atoms with E-state index in [9.17, 15) is 4.79 Å². The van der Waals surface area contributed by atoms with Gasteiger partial charge in [-0.15, -0.1) is 0 Å². The highest BCUT2D eigenvalue weighted by atomic mass is 16.1. The molecule has 0 aromatic heterocycles. The third-order valence-electron chi connectivity index (χ3n) is 2.47. The molecule has 75 valence electrons. The molecule has 2 heteroatoms. The van der Waals surface area contributed by atoms with Gasteiger partial charge in [0, 0.05) is 6.54 Å². The molecule has 0 aliphatic carbocycles. The minimum atomic E-state index is 0.636. The van der Waals surface area contributed by atoms with Crippen LogP contribution in [0.25, 0.3) is 10.8 Å². The summed E-state index contributed by atoms with van der Waals surface area (Å²) >= 11 is 0. The summed E-state index contributed by atoms with van der Waals surface area (Å²) < 4.78 is 0. The molecular formula is C13H12NO. The predicted molar refractivity (Wildman–Crippen MR) is 61.3 cm³/mol. The van der Waals surface area contributed by atoms with Crippen LogP contribution in [0.3, 0.4) is 0 Å². The van der Waals surface area contributed by atoms with Crippen molar-refractivity contribution in [1.29, 1.82) is 0 Å². The zero-order valence-electron chi connectivity index (χ0n) is 8.36. The fourth-order valence-electron chi connectivity index (χ4n) is 1.76. The second-order valence-electron chi connectivity index (χ2n) is 3.42. The van der Waals surface area contributed by atoms with Crippen LogP contribution in [0, 0.1) is 0 Å². The number of hydrogen-bond acceptors (Lipinski definition) is 1. The third kappa shape index (κ3) is 2.15. The van der Waals surface area contributed by atoms with Crippen LogP contribution in [0.4, 0.5) is 0 Å². The highest BCUT2D eigenvalue weighted by Gasteiger charge is 1.98. The molecule has 0 atom stereocenters. The van der Waals surface area contributed by atoms with Gasteiger partial charge in [0.25, 0.3) is 0 Å². The molecule has 0 fully saturated rings. The second-order valence-corrected chi connectivity index (χ2v) is 3.42. The van der Waals surface area contributed by atoms with Gasteiger partial charge in [0.15, 0.2) is 0 Å². The van der Waals surface area contributed by atoms with E-state index in [1.165, 1.54) is 16.3 Å². The maximum absolute atomic E-state index is 10.0. The van der Waals surface area contributed by atoms with Crippen LogP contribution in [-0.2, 0) is 11.2 Å². The molecule has 1 N–H and O–H groups in total. The first-order valence-corrected chi connectivity index (χ1v) is 4.98. The van der Waals surface area contributed by atoms with Gasteiger partial charge >= 0.3 is 6.41 Å². The average molecular weight is 198 g/mol. The molecule has 2 aromatic carbocycles. The maximum atomic E-state index is 10.0. The van der Waals surface area contributed by atoms with E-state index >= 15 is 0 Å². The summed E-state index contributed by atoms with van der Waals surface area (Å²) in [7, 11) is 0. The normalized spacial score (nSPS) is 10.1. The molecule has 0 heterocycles. The Labute approximate surface area is 88.9 Å². The van der Waals surface area contributed by atoms with Gasteiger partial charge in [-0.05, 0) is 22.8 Å². The van der Waals surface area contributed by atoms with Crippen molar-refractivity contribution in [2.75, 3.05) is 6.54 Å². The van der Waals surface area contributed by atoms with Gasteiger partial charge in [0.05, 0.1) is 0 Å². The molecule has 0 aliphatic heterocycles. The Bertz CT molecular complexity index is 460. The molecule has 0 aliphatic rings. The van der Waals surface area contributed by atoms with E-state index in [2.05, 4.69) is 29.6 Å². The molecule has 2 nitrogen and oxygen atoms in total. The van der Waals surface area contributed by atoms with E-state index in [1.54, 1.807) is 6.41 Å². The van der Waals surface area contributed by atoms with Crippen molar-refractivity contribution in [3.63, 3.8) is 0 Å². The minimum absolute atomic E-state index is 0.636. The zero-order chi connectivity index (χ0) is 10.5. The van der Waals surface area contributed by atoms with Gasteiger partial charge in [-0.25, -0.2) is 0 Å². The van der Waals surface area contributed by atoms with Crippen LogP contribution < -0.4 is 5.32 Å². The molecule has 0 bridgehead atoms. The Morgan fingerprint density at radius 1 is 1.07 bits per heavy atom. The van der Waals surface area contributed by atoms with E-state index in [4.69, 9.17) is 0 Å². The van der Waals surface area contributed by atoms with Crippen LogP contribution in [-0.4, -0.2) is 13.0 Å². The summed E-state index contributed by atoms with van der Waals surface area (Å²) in [5.41, 5.74) is 1.26. The molecule has 0 saturated carbocycles. The molecule has 1 radical (unpaired) electrons. The Morgan fingerprint density at radius 3 is 2.73 bits per heavy atom. The molecular weight excluding hydrogens is 186 g/mol. The van der Waals surface area contributed by atoms with Gasteiger partial charge in [-0.3, -0.25) is 4.79 Å². The molecule has 15 heavy (non-hydrogen) atoms. The summed E-state index contributed by atoms with van der Waals surface area (Å²) in [5, 5.41) is 5.05. The molecule has 0 saturated heterocycles. The minimum Gasteiger partial charge on any atom is -0.348 e. The first-order chi connectivity index (χ1) is 7.42. The fourth-order valence-corrected chi connectivity index (χ4v) is 1.76. The average Bonchev–Trinajstić information content (AvgIpc) is 2.30. The topological polar surface area (TPSA) is 29.1 Å². The van der Waals surface area contributed by atoms with Gasteiger partial charge in [0.2, 0.25) is 0 Å². The van der Waals surface area contributed by atoms with Crippen molar-refractivity contribution in [3.05, 3.63) is 48.0 Å². The van der Waals surface area contributed by atoms with Gasteiger partial charge in [-0.2, -0.15) is 0 Å². The lowest BCUT2D eigenvalue weighted by Gasteiger charge is -2.05. The molecule has 0 unspecified atom stereocenters. The third-order valence-corrected chi connectivity index (χ3v) is 2.47. The number of rotatable bonds is 4. The number of carbonyl (C=O) groups excluding carboxylic acids is 1. The number of hydrogen-bond donors (Lipinski definition) is 1. The number of nitrogens with one attached hydrogen (secondary N) is 1. The number of amides is 1. The second kappa shape index (κ2) is 4.60. The van der Waals surface area contributed by atoms with Gasteiger partial charge < -0.3 is 5.32 Å². The van der Waals surface area contributed by atoms with E-state index in [-0.39, 0.29) is 0 Å². The van der Waals surface area contributed by atoms with Crippen molar-refractivity contribution in [2.24, 2.45) is 0 Å².